The number of pyridine rings is 1. The summed E-state index contributed by atoms with van der Waals surface area (Å²) in [5, 5.41) is 61.4. The number of nitrogens with zero attached hydrogens (tertiary/aromatic N) is 10. The summed E-state index contributed by atoms with van der Waals surface area (Å²) in [4.78, 5) is 130. The van der Waals surface area contributed by atoms with Gasteiger partial charge in [-0.2, -0.15) is 0 Å². The molecule has 0 saturated carbocycles. The van der Waals surface area contributed by atoms with E-state index in [0.717, 1.165) is 51.5 Å². The van der Waals surface area contributed by atoms with Crippen LogP contribution in [0.25, 0.3) is 49.1 Å². The predicted octanol–water partition coefficient (Wildman–Crippen LogP) is 6.30. The lowest BCUT2D eigenvalue weighted by molar-refractivity contribution is -0.392. The minimum absolute atomic E-state index is 0.00681. The average molecular weight is 1240 g/mol. The van der Waals surface area contributed by atoms with Gasteiger partial charge in [0.05, 0.1) is 36.2 Å². The Bertz CT molecular complexity index is 3860. The molecular formula is C51H50N16O10S6. The number of fused-ring (bicyclic) bond motifs is 11. The Morgan fingerprint density at radius 2 is 1.25 bits per heavy atom. The standard InChI is InChI=1S/C51H50N16O10S6/c1-8-26(40(70)52-12-13-66-24(7)53-14-35(66)67(76)77)55-41(71)30-17-80-49(60-30)34-20-81-48(62-34)28-11-10-25-39(54-28)29-15-82-51(57-29)38(23(6)69)65-44(74)33-19-83-50(61-33)36(21(3)4)63-42(72)32-18-79-47(59-32)27(9-2)56-45(75)37(22(5)68)64-43(73)31-16-78-46(25)58-31/h8-11,14-23,36-38,68-69H,12-13H2,1-7H3,(H,52,70)(H,55,71)(H,56,75)(H,63,72)(H,64,73)(H,65,74)/b26-8-,27-9-/t22-,23-,36+,37+,38+/m1/s1. The number of aromatic nitrogens is 9. The molecule has 1 aliphatic heterocycles. The molecule has 6 amide bonds. The molecule has 0 radical (unpaired) electrons. The molecule has 430 valence electrons. The summed E-state index contributed by atoms with van der Waals surface area (Å²) in [6, 6.07) is 0.296. The Morgan fingerprint density at radius 3 is 1.92 bits per heavy atom. The highest BCUT2D eigenvalue weighted by Crippen LogP contribution is 2.38. The van der Waals surface area contributed by atoms with Crippen molar-refractivity contribution >= 4 is 115 Å². The van der Waals surface area contributed by atoms with Crippen molar-refractivity contribution in [3.05, 3.63) is 122 Å². The highest BCUT2D eigenvalue weighted by molar-refractivity contribution is 7.15. The average Bonchev–Trinajstić information content (AvgIpc) is 4.43. The number of carbonyl (C=O) groups is 6. The van der Waals surface area contributed by atoms with E-state index in [1.165, 1.54) is 63.3 Å². The van der Waals surface area contributed by atoms with Crippen molar-refractivity contribution in [3.63, 3.8) is 0 Å². The molecule has 32 heteroatoms. The molecule has 8 bridgehead atoms. The molecule has 0 aromatic carbocycles. The number of nitrogens with one attached hydrogen (secondary N) is 6. The van der Waals surface area contributed by atoms with Crippen molar-refractivity contribution in [2.75, 3.05) is 6.54 Å². The maximum atomic E-state index is 13.9. The lowest BCUT2D eigenvalue weighted by atomic mass is 10.1. The molecular weight excluding hydrogens is 1190 g/mol. The Morgan fingerprint density at radius 1 is 0.699 bits per heavy atom. The zero-order valence-electron chi connectivity index (χ0n) is 44.8. The van der Waals surface area contributed by atoms with E-state index < -0.39 is 70.7 Å². The summed E-state index contributed by atoms with van der Waals surface area (Å²) in [6.07, 6.45) is 1.59. The highest BCUT2D eigenvalue weighted by atomic mass is 32.1. The van der Waals surface area contributed by atoms with E-state index in [-0.39, 0.29) is 69.7 Å². The van der Waals surface area contributed by atoms with Crippen LogP contribution in [0.2, 0.25) is 0 Å². The van der Waals surface area contributed by atoms with Crippen molar-refractivity contribution in [2.24, 2.45) is 5.92 Å². The lowest BCUT2D eigenvalue weighted by Gasteiger charge is -2.21. The van der Waals surface area contributed by atoms with Gasteiger partial charge in [0.15, 0.2) is 5.82 Å². The first-order valence-electron chi connectivity index (χ1n) is 25.2. The first-order chi connectivity index (χ1) is 39.7. The summed E-state index contributed by atoms with van der Waals surface area (Å²) < 4.78 is 1.35. The zero-order valence-corrected chi connectivity index (χ0v) is 49.7. The minimum atomic E-state index is -1.46. The fourth-order valence-electron chi connectivity index (χ4n) is 8.12. The van der Waals surface area contributed by atoms with Crippen LogP contribution in [0.3, 0.4) is 0 Å². The smallest absolute Gasteiger partial charge is 0.342 e. The summed E-state index contributed by atoms with van der Waals surface area (Å²) in [5.74, 6) is -3.97. The number of rotatable bonds is 12. The first kappa shape index (κ1) is 59.4. The number of imidazole rings is 1. The van der Waals surface area contributed by atoms with E-state index in [4.69, 9.17) is 15.0 Å². The number of thiazole rings is 6. The van der Waals surface area contributed by atoms with Gasteiger partial charge < -0.3 is 52.2 Å². The fourth-order valence-corrected chi connectivity index (χ4v) is 13.4. The van der Waals surface area contributed by atoms with Gasteiger partial charge >= 0.3 is 5.82 Å². The topological polar surface area (TPSA) is 366 Å². The molecule has 9 rings (SSSR count). The van der Waals surface area contributed by atoms with Crippen molar-refractivity contribution in [1.29, 1.82) is 0 Å². The number of aryl methyl sites for hydroxylation is 1. The number of nitro groups is 1. The molecule has 8 N–H and O–H groups in total. The molecule has 0 aliphatic carbocycles. The van der Waals surface area contributed by atoms with Crippen LogP contribution in [0.1, 0.15) is 116 Å². The van der Waals surface area contributed by atoms with Gasteiger partial charge in [0.2, 0.25) is 5.91 Å². The van der Waals surface area contributed by atoms with Crippen LogP contribution < -0.4 is 31.9 Å². The van der Waals surface area contributed by atoms with E-state index in [9.17, 15) is 49.1 Å². The fraction of sp³-hybridized carbons (Fsp3) is 0.294. The van der Waals surface area contributed by atoms with Crippen molar-refractivity contribution in [3.8, 4) is 43.4 Å². The van der Waals surface area contributed by atoms with Gasteiger partial charge in [0.25, 0.3) is 29.5 Å². The molecule has 26 nitrogen and oxygen atoms in total. The second-order valence-electron chi connectivity index (χ2n) is 18.6. The van der Waals surface area contributed by atoms with Gasteiger partial charge in [0.1, 0.15) is 100 Å². The van der Waals surface area contributed by atoms with Crippen LogP contribution in [-0.2, 0) is 16.1 Å². The number of amides is 6. The third kappa shape index (κ3) is 13.2. The number of aliphatic hydroxyl groups is 2. The summed E-state index contributed by atoms with van der Waals surface area (Å²) >= 11 is 6.88. The van der Waals surface area contributed by atoms with Gasteiger partial charge in [-0.3, -0.25) is 28.8 Å². The maximum Gasteiger partial charge on any atom is 0.342 e. The van der Waals surface area contributed by atoms with Crippen LogP contribution in [0.5, 0.6) is 0 Å². The van der Waals surface area contributed by atoms with E-state index in [2.05, 4.69) is 56.8 Å². The summed E-state index contributed by atoms with van der Waals surface area (Å²) in [6.45, 7) is 11.5. The number of allylic oxidation sites excluding steroid dienone is 2. The van der Waals surface area contributed by atoms with E-state index >= 15 is 0 Å². The molecule has 1 aliphatic rings. The number of aliphatic hydroxyl groups excluding tert-OH is 2. The predicted molar refractivity (Wildman–Crippen MR) is 312 cm³/mol. The molecule has 8 aromatic heterocycles. The van der Waals surface area contributed by atoms with Crippen LogP contribution in [0.15, 0.2) is 68.5 Å². The van der Waals surface area contributed by atoms with Crippen molar-refractivity contribution < 1.29 is 43.9 Å². The Kier molecular flexibility index (Phi) is 18.2. The Balaban J connectivity index is 1.01. The van der Waals surface area contributed by atoms with Gasteiger partial charge in [-0.15, -0.1) is 68.0 Å². The second-order valence-corrected chi connectivity index (χ2v) is 23.9. The molecule has 0 spiro atoms. The quantitative estimate of drug-likeness (QED) is 0.0378. The molecule has 83 heavy (non-hydrogen) atoms. The Hall–Kier alpha value is -8.24. The molecule has 0 fully saturated rings. The van der Waals surface area contributed by atoms with Crippen LogP contribution in [-0.4, -0.2) is 120 Å². The summed E-state index contributed by atoms with van der Waals surface area (Å²) in [5.41, 5.74) is 2.01. The highest BCUT2D eigenvalue weighted by Gasteiger charge is 2.32. The molecule has 9 heterocycles. The largest absolute Gasteiger partial charge is 0.391 e. The van der Waals surface area contributed by atoms with Gasteiger partial charge in [0, 0.05) is 44.8 Å². The lowest BCUT2D eigenvalue weighted by Crippen LogP contribution is -2.52. The number of carbonyl (C=O) groups excluding carboxylic acids is 6. The molecule has 5 atom stereocenters. The SMILES string of the molecule is C/C=C(\NC(=O)c1csc(-c2csc(-c3ccc4c(n3)-c3csc(n3)[C@H]([C@@H](C)O)NC(=O)c3csc(n3)[C@H](C(C)C)NC(=O)c3csc(n3)/C(=C/C)NC(=O)[C@H]([C@@H](C)O)NC(=O)c3csc-4n3)n2)n1)C(=O)NCCn1c([N+](=O)[O-])cnc1C. The Labute approximate surface area is 495 Å². The number of hydrogen-bond acceptors (Lipinski definition) is 24. The molecule has 0 unspecified atom stereocenters. The van der Waals surface area contributed by atoms with Crippen LogP contribution in [0.4, 0.5) is 5.82 Å². The van der Waals surface area contributed by atoms with E-state index in [0.29, 0.717) is 53.5 Å². The number of hydrogen-bond donors (Lipinski definition) is 8. The first-order valence-corrected chi connectivity index (χ1v) is 30.4. The second kappa shape index (κ2) is 25.5. The normalized spacial score (nSPS) is 17.5. The third-order valence-corrected chi connectivity index (χ3v) is 17.8. The van der Waals surface area contributed by atoms with Crippen LogP contribution >= 0.6 is 68.0 Å². The van der Waals surface area contributed by atoms with Crippen LogP contribution in [0, 0.1) is 23.0 Å². The zero-order chi connectivity index (χ0) is 59.4. The third-order valence-electron chi connectivity index (χ3n) is 12.5. The summed E-state index contributed by atoms with van der Waals surface area (Å²) in [7, 11) is 0. The van der Waals surface area contributed by atoms with E-state index in [1.54, 1.807) is 55.1 Å². The van der Waals surface area contributed by atoms with Crippen molar-refractivity contribution in [1.82, 2.24) is 76.3 Å². The molecule has 8 aromatic rings. The maximum absolute atomic E-state index is 13.9. The van der Waals surface area contributed by atoms with E-state index in [1.807, 2.05) is 13.8 Å². The molecule has 0 saturated heterocycles. The van der Waals surface area contributed by atoms with Gasteiger partial charge in [-0.05, 0) is 50.7 Å². The minimum Gasteiger partial charge on any atom is -0.391 e. The van der Waals surface area contributed by atoms with Gasteiger partial charge in [-0.25, -0.2) is 44.4 Å². The van der Waals surface area contributed by atoms with Gasteiger partial charge in [-0.1, -0.05) is 26.0 Å². The van der Waals surface area contributed by atoms with Crippen molar-refractivity contribution in [2.45, 2.75) is 85.3 Å². The monoisotopic (exact) mass is 1240 g/mol.